The van der Waals surface area contributed by atoms with Crippen molar-refractivity contribution in [2.75, 3.05) is 6.54 Å². The Labute approximate surface area is 135 Å². The third-order valence-corrected chi connectivity index (χ3v) is 5.89. The Balaban J connectivity index is 2.39. The molecule has 0 N–H and O–H groups in total. The lowest BCUT2D eigenvalue weighted by molar-refractivity contribution is 0.343. The molecule has 120 valence electrons. The zero-order valence-electron chi connectivity index (χ0n) is 13.8. The standard InChI is InChI=1S/C17H23FN2OS/c1-11-6-13(17(3,4)5)7-12(2)16(11)22(21)20-10-14(18)8-15(20)9-19/h6-7,14-15H,8,10H2,1-5H3. The Morgan fingerprint density at radius 2 is 1.86 bits per heavy atom. The second-order valence-corrected chi connectivity index (χ2v) is 8.39. The highest BCUT2D eigenvalue weighted by atomic mass is 32.2. The van der Waals surface area contributed by atoms with Gasteiger partial charge in [0, 0.05) is 17.5 Å². The number of aryl methyl sites for hydroxylation is 2. The lowest BCUT2D eigenvalue weighted by atomic mass is 9.85. The van der Waals surface area contributed by atoms with E-state index in [-0.39, 0.29) is 18.4 Å². The van der Waals surface area contributed by atoms with Gasteiger partial charge in [-0.05, 0) is 24.8 Å². The van der Waals surface area contributed by atoms with Crippen LogP contribution >= 0.6 is 0 Å². The van der Waals surface area contributed by atoms with Crippen LogP contribution in [0.25, 0.3) is 0 Å². The van der Waals surface area contributed by atoms with Crippen molar-refractivity contribution >= 4 is 11.4 Å². The summed E-state index contributed by atoms with van der Waals surface area (Å²) < 4.78 is 27.9. The lowest BCUT2D eigenvalue weighted by Gasteiger charge is -2.26. The smallest absolute Gasteiger partial charge is 0.179 e. The minimum absolute atomic E-state index is 0.0163. The average Bonchev–Trinajstić information content (AvgIpc) is 2.77. The quantitative estimate of drug-likeness (QED) is 0.782. The highest BCUT2D eigenvalue weighted by Crippen LogP contribution is 2.33. The van der Waals surface area contributed by atoms with E-state index in [1.807, 2.05) is 26.0 Å². The van der Waals surface area contributed by atoms with Crippen molar-refractivity contribution in [3.8, 4) is 6.07 Å². The van der Waals surface area contributed by atoms with Crippen LogP contribution in [-0.4, -0.2) is 27.6 Å². The monoisotopic (exact) mass is 322 g/mol. The molecule has 3 nitrogen and oxygen atoms in total. The third-order valence-electron chi connectivity index (χ3n) is 4.07. The van der Waals surface area contributed by atoms with Gasteiger partial charge in [-0.3, -0.25) is 0 Å². The maximum absolute atomic E-state index is 13.6. The Morgan fingerprint density at radius 3 is 2.32 bits per heavy atom. The van der Waals surface area contributed by atoms with Crippen LogP contribution in [-0.2, 0) is 16.8 Å². The molecule has 0 amide bonds. The number of nitriles is 1. The molecule has 0 saturated carbocycles. The summed E-state index contributed by atoms with van der Waals surface area (Å²) in [6.07, 6.45) is -0.941. The minimum atomic E-state index is -1.50. The third kappa shape index (κ3) is 3.29. The predicted octanol–water partition coefficient (Wildman–Crippen LogP) is 3.56. The SMILES string of the molecule is Cc1cc(C(C)(C)C)cc(C)c1[S+]([O-])N1CC(F)CC1C#N. The molecule has 0 radical (unpaired) electrons. The minimum Gasteiger partial charge on any atom is -0.593 e. The highest BCUT2D eigenvalue weighted by Gasteiger charge is 2.42. The molecule has 1 aromatic rings. The van der Waals surface area contributed by atoms with Crippen LogP contribution in [0.3, 0.4) is 0 Å². The number of rotatable bonds is 2. The maximum Gasteiger partial charge on any atom is 0.179 e. The summed E-state index contributed by atoms with van der Waals surface area (Å²) in [5, 5.41) is 9.15. The van der Waals surface area contributed by atoms with E-state index in [1.165, 1.54) is 9.87 Å². The lowest BCUT2D eigenvalue weighted by Crippen LogP contribution is -2.36. The fraction of sp³-hybridized carbons (Fsp3) is 0.588. The zero-order valence-corrected chi connectivity index (χ0v) is 14.6. The summed E-state index contributed by atoms with van der Waals surface area (Å²) >= 11 is -1.50. The molecule has 3 atom stereocenters. The van der Waals surface area contributed by atoms with Crippen molar-refractivity contribution in [3.63, 3.8) is 0 Å². The van der Waals surface area contributed by atoms with Crippen molar-refractivity contribution < 1.29 is 8.94 Å². The molecule has 5 heteroatoms. The number of alkyl halides is 1. The largest absolute Gasteiger partial charge is 0.593 e. The first-order chi connectivity index (χ1) is 10.1. The molecular formula is C17H23FN2OS. The van der Waals surface area contributed by atoms with Crippen LogP contribution in [0.1, 0.15) is 43.9 Å². The summed E-state index contributed by atoms with van der Waals surface area (Å²) in [4.78, 5) is 0.711. The van der Waals surface area contributed by atoms with Crippen molar-refractivity contribution in [3.05, 3.63) is 28.8 Å². The van der Waals surface area contributed by atoms with Gasteiger partial charge in [0.05, 0.1) is 24.0 Å². The van der Waals surface area contributed by atoms with Gasteiger partial charge in [-0.1, -0.05) is 32.9 Å². The molecule has 3 unspecified atom stereocenters. The maximum atomic E-state index is 13.6. The molecule has 2 rings (SSSR count). The van der Waals surface area contributed by atoms with E-state index >= 15 is 0 Å². The van der Waals surface area contributed by atoms with Gasteiger partial charge in [-0.25, -0.2) is 4.39 Å². The van der Waals surface area contributed by atoms with Crippen LogP contribution in [0.2, 0.25) is 0 Å². The van der Waals surface area contributed by atoms with Gasteiger partial charge in [0.2, 0.25) is 0 Å². The normalized spacial score (nSPS) is 24.3. The predicted molar refractivity (Wildman–Crippen MR) is 86.6 cm³/mol. The molecule has 0 bridgehead atoms. The summed E-state index contributed by atoms with van der Waals surface area (Å²) in [7, 11) is 0. The van der Waals surface area contributed by atoms with Gasteiger partial charge in [-0.15, -0.1) is 4.31 Å². The second-order valence-electron chi connectivity index (χ2n) is 7.02. The molecule has 1 aliphatic rings. The van der Waals surface area contributed by atoms with Crippen LogP contribution in [0.4, 0.5) is 4.39 Å². The van der Waals surface area contributed by atoms with Crippen molar-refractivity contribution in [1.82, 2.24) is 4.31 Å². The van der Waals surface area contributed by atoms with Crippen LogP contribution in [0.15, 0.2) is 17.0 Å². The topological polar surface area (TPSA) is 50.1 Å². The molecule has 0 spiro atoms. The van der Waals surface area contributed by atoms with Crippen molar-refractivity contribution in [1.29, 1.82) is 5.26 Å². The number of hydrogen-bond donors (Lipinski definition) is 0. The van der Waals surface area contributed by atoms with Gasteiger partial charge in [0.15, 0.2) is 4.90 Å². The van der Waals surface area contributed by atoms with E-state index in [1.54, 1.807) is 0 Å². The van der Waals surface area contributed by atoms with E-state index in [0.29, 0.717) is 4.90 Å². The molecule has 22 heavy (non-hydrogen) atoms. The molecule has 1 saturated heterocycles. The summed E-state index contributed by atoms with van der Waals surface area (Å²) in [6, 6.07) is 5.54. The number of benzene rings is 1. The summed E-state index contributed by atoms with van der Waals surface area (Å²) in [5.41, 5.74) is 3.07. The van der Waals surface area contributed by atoms with E-state index in [2.05, 4.69) is 26.8 Å². The zero-order chi connectivity index (χ0) is 16.7. The van der Waals surface area contributed by atoms with Gasteiger partial charge < -0.3 is 4.55 Å². The van der Waals surface area contributed by atoms with Crippen LogP contribution in [0, 0.1) is 25.2 Å². The van der Waals surface area contributed by atoms with Gasteiger partial charge in [-0.2, -0.15) is 5.26 Å². The highest BCUT2D eigenvalue weighted by molar-refractivity contribution is 7.89. The van der Waals surface area contributed by atoms with Crippen molar-refractivity contribution in [2.24, 2.45) is 0 Å². The van der Waals surface area contributed by atoms with E-state index in [9.17, 15) is 8.94 Å². The fourth-order valence-corrected chi connectivity index (χ4v) is 4.40. The second kappa shape index (κ2) is 6.19. The molecule has 0 aliphatic carbocycles. The Morgan fingerprint density at radius 1 is 1.32 bits per heavy atom. The van der Waals surface area contributed by atoms with Crippen LogP contribution < -0.4 is 0 Å². The molecular weight excluding hydrogens is 299 g/mol. The van der Waals surface area contributed by atoms with Crippen molar-refractivity contribution in [2.45, 2.75) is 63.6 Å². The Bertz CT molecular complexity index is 583. The molecule has 1 heterocycles. The fourth-order valence-electron chi connectivity index (χ4n) is 2.83. The first kappa shape index (κ1) is 17.3. The average molecular weight is 322 g/mol. The molecule has 1 aliphatic heterocycles. The van der Waals surface area contributed by atoms with E-state index in [0.717, 1.165) is 11.1 Å². The Hall–Kier alpha value is -1.09. The number of halogens is 1. The molecule has 1 aromatic carbocycles. The van der Waals surface area contributed by atoms with Crippen LogP contribution in [0.5, 0.6) is 0 Å². The summed E-state index contributed by atoms with van der Waals surface area (Å²) in [5.74, 6) is 0. The summed E-state index contributed by atoms with van der Waals surface area (Å²) in [6.45, 7) is 10.3. The first-order valence-electron chi connectivity index (χ1n) is 7.49. The molecule has 0 aromatic heterocycles. The first-order valence-corrected chi connectivity index (χ1v) is 8.59. The van der Waals surface area contributed by atoms with Gasteiger partial charge in [0.25, 0.3) is 0 Å². The number of nitrogens with zero attached hydrogens (tertiary/aromatic N) is 2. The van der Waals surface area contributed by atoms with Gasteiger partial charge in [0.1, 0.15) is 12.2 Å². The van der Waals surface area contributed by atoms with Gasteiger partial charge >= 0.3 is 0 Å². The Kier molecular flexibility index (Phi) is 4.86. The number of hydrogen-bond acceptors (Lipinski definition) is 3. The van der Waals surface area contributed by atoms with E-state index < -0.39 is 23.6 Å². The molecule has 1 fully saturated rings. The van der Waals surface area contributed by atoms with E-state index in [4.69, 9.17) is 5.26 Å².